The third-order valence-electron chi connectivity index (χ3n) is 6.61. The SMILES string of the molecule is Cc1[nH]c(=O)n(-c2cccc3c(C(=O)C(=O)N4CCN(C(=O)c5ccccc5)C[C@H]4C)c[nH]c23)c1O. The van der Waals surface area contributed by atoms with Gasteiger partial charge in [0.15, 0.2) is 0 Å². The minimum absolute atomic E-state index is 0.108. The molecule has 2 aromatic heterocycles. The van der Waals surface area contributed by atoms with Gasteiger partial charge in [0.05, 0.1) is 22.5 Å². The largest absolute Gasteiger partial charge is 0.493 e. The van der Waals surface area contributed by atoms with Crippen molar-refractivity contribution in [3.8, 4) is 11.6 Å². The molecular weight excluding hydrogens is 462 g/mol. The summed E-state index contributed by atoms with van der Waals surface area (Å²) in [6.07, 6.45) is 1.44. The molecule has 1 aliphatic rings. The Bertz CT molecular complexity index is 1550. The number of nitrogens with one attached hydrogen (secondary N) is 2. The zero-order chi connectivity index (χ0) is 25.6. The Morgan fingerprint density at radius 3 is 2.44 bits per heavy atom. The van der Waals surface area contributed by atoms with Gasteiger partial charge < -0.3 is 24.9 Å². The van der Waals surface area contributed by atoms with Crippen molar-refractivity contribution in [3.63, 3.8) is 0 Å². The molecule has 1 saturated heterocycles. The van der Waals surface area contributed by atoms with Crippen LogP contribution in [0.1, 0.15) is 33.3 Å². The predicted octanol–water partition coefficient (Wildman–Crippen LogP) is 2.22. The van der Waals surface area contributed by atoms with Crippen LogP contribution in [0.5, 0.6) is 5.88 Å². The Morgan fingerprint density at radius 2 is 1.78 bits per heavy atom. The van der Waals surface area contributed by atoms with Crippen molar-refractivity contribution in [2.45, 2.75) is 19.9 Å². The number of aromatic amines is 2. The van der Waals surface area contributed by atoms with Gasteiger partial charge in [0.25, 0.3) is 17.6 Å². The second kappa shape index (κ2) is 8.88. The molecule has 2 amide bonds. The number of ketones is 1. The van der Waals surface area contributed by atoms with Crippen molar-refractivity contribution in [1.29, 1.82) is 0 Å². The van der Waals surface area contributed by atoms with Crippen LogP contribution in [0.15, 0.2) is 59.5 Å². The number of aromatic hydroxyl groups is 1. The van der Waals surface area contributed by atoms with Crippen LogP contribution in [0.2, 0.25) is 0 Å². The van der Waals surface area contributed by atoms with Crippen molar-refractivity contribution in [1.82, 2.24) is 24.3 Å². The van der Waals surface area contributed by atoms with Crippen molar-refractivity contribution in [2.24, 2.45) is 0 Å². The lowest BCUT2D eigenvalue weighted by Crippen LogP contribution is -2.56. The highest BCUT2D eigenvalue weighted by atomic mass is 16.3. The lowest BCUT2D eigenvalue weighted by molar-refractivity contribution is -0.130. The predicted molar refractivity (Wildman–Crippen MR) is 132 cm³/mol. The Hall–Kier alpha value is -4.60. The number of nitrogens with zero attached hydrogens (tertiary/aromatic N) is 3. The molecular formula is C26H25N5O5. The van der Waals surface area contributed by atoms with E-state index in [0.717, 1.165) is 4.57 Å². The number of carbonyl (C=O) groups is 3. The number of amides is 2. The van der Waals surface area contributed by atoms with Crippen LogP contribution >= 0.6 is 0 Å². The van der Waals surface area contributed by atoms with E-state index in [9.17, 15) is 24.3 Å². The minimum Gasteiger partial charge on any atom is -0.493 e. The Labute approximate surface area is 205 Å². The van der Waals surface area contributed by atoms with Crippen LogP contribution in [0, 0.1) is 6.92 Å². The summed E-state index contributed by atoms with van der Waals surface area (Å²) in [5.41, 5.74) is 1.34. The molecule has 0 aliphatic carbocycles. The Kier molecular flexibility index (Phi) is 5.71. The molecule has 0 bridgehead atoms. The van der Waals surface area contributed by atoms with Crippen LogP contribution in [-0.4, -0.2) is 72.7 Å². The third-order valence-corrected chi connectivity index (χ3v) is 6.61. The summed E-state index contributed by atoms with van der Waals surface area (Å²) in [5.74, 6) is -1.68. The van der Waals surface area contributed by atoms with Gasteiger partial charge in [-0.05, 0) is 32.0 Å². The average Bonchev–Trinajstić information content (AvgIpc) is 3.43. The number of hydrogen-bond acceptors (Lipinski definition) is 5. The second-order valence-electron chi connectivity index (χ2n) is 8.91. The van der Waals surface area contributed by atoms with Gasteiger partial charge in [0.1, 0.15) is 0 Å². The highest BCUT2D eigenvalue weighted by Crippen LogP contribution is 2.28. The van der Waals surface area contributed by atoms with E-state index in [2.05, 4.69) is 9.97 Å². The number of fused-ring (bicyclic) bond motifs is 1. The molecule has 3 N–H and O–H groups in total. The van der Waals surface area contributed by atoms with Crippen molar-refractivity contribution in [2.75, 3.05) is 19.6 Å². The van der Waals surface area contributed by atoms with Gasteiger partial charge in [-0.2, -0.15) is 0 Å². The van der Waals surface area contributed by atoms with Crippen LogP contribution < -0.4 is 5.69 Å². The summed E-state index contributed by atoms with van der Waals surface area (Å²) in [6.45, 7) is 4.27. The zero-order valence-corrected chi connectivity index (χ0v) is 19.8. The van der Waals surface area contributed by atoms with E-state index in [4.69, 9.17) is 0 Å². The molecule has 1 aliphatic heterocycles. The van der Waals surface area contributed by atoms with E-state index in [1.54, 1.807) is 54.3 Å². The topological polar surface area (TPSA) is 131 Å². The molecule has 3 heterocycles. The first-order valence-electron chi connectivity index (χ1n) is 11.6. The van der Waals surface area contributed by atoms with Crippen LogP contribution in [0.4, 0.5) is 0 Å². The number of carbonyl (C=O) groups excluding carboxylic acids is 3. The molecule has 1 fully saturated rings. The monoisotopic (exact) mass is 487 g/mol. The van der Waals surface area contributed by atoms with Gasteiger partial charge >= 0.3 is 5.69 Å². The molecule has 0 saturated carbocycles. The summed E-state index contributed by atoms with van der Waals surface area (Å²) < 4.78 is 1.11. The molecule has 10 nitrogen and oxygen atoms in total. The van der Waals surface area contributed by atoms with E-state index in [1.165, 1.54) is 11.1 Å². The molecule has 0 unspecified atom stereocenters. The number of rotatable bonds is 4. The molecule has 2 aromatic carbocycles. The summed E-state index contributed by atoms with van der Waals surface area (Å²) in [4.78, 5) is 60.3. The maximum Gasteiger partial charge on any atom is 0.333 e. The number of hydrogen-bond donors (Lipinski definition) is 3. The van der Waals surface area contributed by atoms with Crippen LogP contribution in [-0.2, 0) is 4.79 Å². The average molecular weight is 488 g/mol. The number of imidazole rings is 1. The summed E-state index contributed by atoms with van der Waals surface area (Å²) in [6, 6.07) is 13.6. The zero-order valence-electron chi connectivity index (χ0n) is 19.8. The number of piperazine rings is 1. The molecule has 10 heteroatoms. The normalized spacial score (nSPS) is 15.9. The fourth-order valence-electron chi connectivity index (χ4n) is 4.72. The number of benzene rings is 2. The van der Waals surface area contributed by atoms with Crippen molar-refractivity contribution < 1.29 is 19.5 Å². The van der Waals surface area contributed by atoms with E-state index >= 15 is 0 Å². The molecule has 5 rings (SSSR count). The third kappa shape index (κ3) is 3.76. The number of aromatic nitrogens is 3. The smallest absolute Gasteiger partial charge is 0.333 e. The van der Waals surface area contributed by atoms with Crippen LogP contribution in [0.25, 0.3) is 16.6 Å². The lowest BCUT2D eigenvalue weighted by atomic mass is 10.1. The van der Waals surface area contributed by atoms with Crippen molar-refractivity contribution >= 4 is 28.5 Å². The summed E-state index contributed by atoms with van der Waals surface area (Å²) in [7, 11) is 0. The van der Waals surface area contributed by atoms with Gasteiger partial charge in [-0.25, -0.2) is 9.36 Å². The van der Waals surface area contributed by atoms with E-state index < -0.39 is 17.4 Å². The van der Waals surface area contributed by atoms with Gasteiger partial charge in [0, 0.05) is 42.8 Å². The first-order valence-corrected chi connectivity index (χ1v) is 11.6. The second-order valence-corrected chi connectivity index (χ2v) is 8.91. The highest BCUT2D eigenvalue weighted by molar-refractivity contribution is 6.45. The maximum absolute atomic E-state index is 13.3. The highest BCUT2D eigenvalue weighted by Gasteiger charge is 2.34. The fraction of sp³-hybridized carbons (Fsp3) is 0.231. The summed E-state index contributed by atoms with van der Waals surface area (Å²) in [5, 5.41) is 10.8. The standard InChI is InChI=1S/C26H25N5O5/c1-15-14-29(24(34)17-7-4-3-5-8-17)11-12-30(15)25(35)22(32)19-13-27-21-18(19)9-6-10-20(21)31-23(33)16(2)28-26(31)36/h3-10,13,15,27,33H,11-12,14H2,1-2H3,(H,28,36)/t15-/m1/s1. The minimum atomic E-state index is -0.685. The fourth-order valence-corrected chi connectivity index (χ4v) is 4.72. The Morgan fingerprint density at radius 1 is 1.03 bits per heavy atom. The number of aryl methyl sites for hydroxylation is 1. The number of Topliss-reactive ketones (excluding diaryl/α,β-unsaturated/α-hetero) is 1. The summed E-state index contributed by atoms with van der Waals surface area (Å²) >= 11 is 0. The number of H-pyrrole nitrogens is 2. The van der Waals surface area contributed by atoms with Crippen LogP contribution in [0.3, 0.4) is 0 Å². The molecule has 0 spiro atoms. The molecule has 1 atom stereocenters. The van der Waals surface area contributed by atoms with Crippen molar-refractivity contribution in [3.05, 3.63) is 82.0 Å². The first-order chi connectivity index (χ1) is 17.3. The van der Waals surface area contributed by atoms with Gasteiger partial charge in [-0.15, -0.1) is 0 Å². The first kappa shape index (κ1) is 23.2. The van der Waals surface area contributed by atoms with E-state index in [0.29, 0.717) is 40.9 Å². The van der Waals surface area contributed by atoms with Gasteiger partial charge in [0.2, 0.25) is 5.88 Å². The lowest BCUT2D eigenvalue weighted by Gasteiger charge is -2.39. The van der Waals surface area contributed by atoms with Gasteiger partial charge in [-0.3, -0.25) is 14.4 Å². The van der Waals surface area contributed by atoms with E-state index in [-0.39, 0.29) is 29.9 Å². The quantitative estimate of drug-likeness (QED) is 0.300. The molecule has 184 valence electrons. The molecule has 36 heavy (non-hydrogen) atoms. The number of para-hydroxylation sites is 1. The molecule has 4 aromatic rings. The molecule has 0 radical (unpaired) electrons. The van der Waals surface area contributed by atoms with Gasteiger partial charge in [-0.1, -0.05) is 30.3 Å². The Balaban J connectivity index is 1.38. The maximum atomic E-state index is 13.3. The van der Waals surface area contributed by atoms with E-state index in [1.807, 2.05) is 13.0 Å².